The van der Waals surface area contributed by atoms with Gasteiger partial charge in [0.15, 0.2) is 5.82 Å². The molecule has 0 bridgehead atoms. The van der Waals surface area contributed by atoms with Gasteiger partial charge in [-0.3, -0.25) is 4.79 Å². The van der Waals surface area contributed by atoms with Crippen LogP contribution in [0.15, 0.2) is 23.2 Å². The molecule has 0 radical (unpaired) electrons. The number of carbonyl (C=O) groups is 2. The third-order valence-corrected chi connectivity index (χ3v) is 1.99. The summed E-state index contributed by atoms with van der Waals surface area (Å²) in [6.45, 7) is 1.51. The monoisotopic (exact) mass is 239 g/mol. The summed E-state index contributed by atoms with van der Waals surface area (Å²) in [5, 5.41) is 17.2. The van der Waals surface area contributed by atoms with E-state index in [0.717, 1.165) is 0 Å². The van der Waals surface area contributed by atoms with E-state index in [1.165, 1.54) is 25.1 Å². The Morgan fingerprint density at radius 3 is 2.53 bits per heavy atom. The molecule has 0 saturated heterocycles. The molecule has 0 amide bonds. The van der Waals surface area contributed by atoms with E-state index in [9.17, 15) is 14.0 Å². The Labute approximate surface area is 96.2 Å². The molecule has 17 heavy (non-hydrogen) atoms. The first kappa shape index (κ1) is 12.8. The number of nitrogens with zero attached hydrogens (tertiary/aromatic N) is 1. The maximum atomic E-state index is 13.5. The van der Waals surface area contributed by atoms with Crippen molar-refractivity contribution in [3.63, 3.8) is 0 Å². The smallest absolute Gasteiger partial charge is 0.350 e. The molecule has 2 N–H and O–H groups in total. The van der Waals surface area contributed by atoms with Crippen LogP contribution in [0.25, 0.3) is 0 Å². The maximum Gasteiger partial charge on any atom is 0.350 e. The van der Waals surface area contributed by atoms with Crippen LogP contribution in [0.3, 0.4) is 0 Å². The molecule has 0 fully saturated rings. The number of aryl methyl sites for hydroxylation is 1. The Morgan fingerprint density at radius 2 is 2.00 bits per heavy atom. The Hall–Kier alpha value is -2.24. The van der Waals surface area contributed by atoms with E-state index in [2.05, 4.69) is 4.99 Å². The third-order valence-electron chi connectivity index (χ3n) is 1.99. The predicted octanol–water partition coefficient (Wildman–Crippen LogP) is 1.77. The summed E-state index contributed by atoms with van der Waals surface area (Å²) < 4.78 is 13.5. The van der Waals surface area contributed by atoms with E-state index in [0.29, 0.717) is 5.56 Å². The zero-order chi connectivity index (χ0) is 13.0. The van der Waals surface area contributed by atoms with Crippen LogP contribution in [0, 0.1) is 12.7 Å². The van der Waals surface area contributed by atoms with Gasteiger partial charge in [0.25, 0.3) is 0 Å². The van der Waals surface area contributed by atoms with Crippen LogP contribution in [0.1, 0.15) is 12.0 Å². The van der Waals surface area contributed by atoms with Crippen LogP contribution in [0.4, 0.5) is 10.1 Å². The van der Waals surface area contributed by atoms with Crippen molar-refractivity contribution in [1.82, 2.24) is 0 Å². The van der Waals surface area contributed by atoms with E-state index in [1.54, 1.807) is 0 Å². The predicted molar refractivity (Wildman–Crippen MR) is 58.1 cm³/mol. The normalized spacial score (nSPS) is 11.3. The van der Waals surface area contributed by atoms with E-state index < -0.39 is 29.9 Å². The van der Waals surface area contributed by atoms with Gasteiger partial charge in [-0.05, 0) is 18.6 Å². The summed E-state index contributed by atoms with van der Waals surface area (Å²) in [5.74, 6) is -3.47. The van der Waals surface area contributed by atoms with Crippen LogP contribution in [-0.4, -0.2) is 27.9 Å². The zero-order valence-electron chi connectivity index (χ0n) is 8.98. The van der Waals surface area contributed by atoms with Gasteiger partial charge in [-0.2, -0.15) is 0 Å². The van der Waals surface area contributed by atoms with Crippen molar-refractivity contribution in [3.05, 3.63) is 29.6 Å². The molecule has 0 unspecified atom stereocenters. The minimum absolute atomic E-state index is 0.177. The topological polar surface area (TPSA) is 87.0 Å². The third kappa shape index (κ3) is 3.37. The summed E-state index contributed by atoms with van der Waals surface area (Å²) in [7, 11) is 0. The highest BCUT2D eigenvalue weighted by atomic mass is 19.1. The highest BCUT2D eigenvalue weighted by molar-refractivity contribution is 6.39. The molecule has 0 atom stereocenters. The summed E-state index contributed by atoms with van der Waals surface area (Å²) in [6.07, 6.45) is -0.761. The number of rotatable bonds is 4. The van der Waals surface area contributed by atoms with Crippen molar-refractivity contribution >= 4 is 23.3 Å². The highest BCUT2D eigenvalue weighted by Gasteiger charge is 2.15. The van der Waals surface area contributed by atoms with Gasteiger partial charge >= 0.3 is 11.9 Å². The molecule has 6 heteroatoms. The van der Waals surface area contributed by atoms with Gasteiger partial charge in [-0.25, -0.2) is 14.2 Å². The first-order valence-electron chi connectivity index (χ1n) is 4.69. The van der Waals surface area contributed by atoms with Gasteiger partial charge in [0, 0.05) is 0 Å². The lowest BCUT2D eigenvalue weighted by Crippen LogP contribution is -2.17. The van der Waals surface area contributed by atoms with Crippen molar-refractivity contribution in [2.45, 2.75) is 13.3 Å². The number of hydrogen-bond acceptors (Lipinski definition) is 3. The van der Waals surface area contributed by atoms with Crippen LogP contribution in [0.2, 0.25) is 0 Å². The van der Waals surface area contributed by atoms with Crippen LogP contribution in [-0.2, 0) is 9.59 Å². The number of hydrogen-bond donors (Lipinski definition) is 2. The minimum atomic E-state index is -1.48. The number of aliphatic carboxylic acids is 2. The lowest BCUT2D eigenvalue weighted by molar-refractivity contribution is -0.137. The number of halogens is 1. The fourth-order valence-corrected chi connectivity index (χ4v) is 1.17. The van der Waals surface area contributed by atoms with Gasteiger partial charge in [-0.15, -0.1) is 0 Å². The summed E-state index contributed by atoms with van der Waals surface area (Å²) in [4.78, 5) is 24.7. The molecule has 1 rings (SSSR count). The number of carboxylic acids is 2. The molecular weight excluding hydrogens is 229 g/mol. The molecule has 0 aliphatic carbocycles. The van der Waals surface area contributed by atoms with Crippen molar-refractivity contribution in [3.8, 4) is 0 Å². The fourth-order valence-electron chi connectivity index (χ4n) is 1.17. The average molecular weight is 239 g/mol. The summed E-state index contributed by atoms with van der Waals surface area (Å²) in [6, 6.07) is 4.30. The Balaban J connectivity index is 3.17. The van der Waals surface area contributed by atoms with Gasteiger partial charge in [0.05, 0.1) is 12.1 Å². The molecule has 0 aliphatic heterocycles. The van der Waals surface area contributed by atoms with E-state index in [1.807, 2.05) is 0 Å². The van der Waals surface area contributed by atoms with Crippen molar-refractivity contribution in [1.29, 1.82) is 0 Å². The highest BCUT2D eigenvalue weighted by Crippen LogP contribution is 2.20. The standard InChI is InChI=1S/C11H10FNO4/c1-6-3-2-4-7(10(6)12)13-8(11(16)17)5-9(14)15/h2-4H,5H2,1H3,(H,14,15)(H,16,17). The Morgan fingerprint density at radius 1 is 1.35 bits per heavy atom. The molecule has 1 aromatic carbocycles. The molecular formula is C11H10FNO4. The maximum absolute atomic E-state index is 13.5. The second-order valence-corrected chi connectivity index (χ2v) is 3.34. The van der Waals surface area contributed by atoms with E-state index in [4.69, 9.17) is 10.2 Å². The van der Waals surface area contributed by atoms with Crippen LogP contribution < -0.4 is 0 Å². The minimum Gasteiger partial charge on any atom is -0.481 e. The number of aliphatic imine (C=N–C) groups is 1. The van der Waals surface area contributed by atoms with Gasteiger partial charge < -0.3 is 10.2 Å². The summed E-state index contributed by atoms with van der Waals surface area (Å²) >= 11 is 0. The number of benzene rings is 1. The van der Waals surface area contributed by atoms with Crippen LogP contribution >= 0.6 is 0 Å². The quantitative estimate of drug-likeness (QED) is 0.784. The summed E-state index contributed by atoms with van der Waals surface area (Å²) in [5.41, 5.74) is -0.475. The van der Waals surface area contributed by atoms with Gasteiger partial charge in [0.1, 0.15) is 5.71 Å². The molecule has 1 aromatic rings. The molecule has 0 aliphatic rings. The van der Waals surface area contributed by atoms with Gasteiger partial charge in [0.2, 0.25) is 0 Å². The first-order valence-corrected chi connectivity index (χ1v) is 4.69. The van der Waals surface area contributed by atoms with Crippen molar-refractivity contribution in [2.75, 3.05) is 0 Å². The van der Waals surface area contributed by atoms with E-state index in [-0.39, 0.29) is 5.69 Å². The molecule has 0 spiro atoms. The molecule has 0 heterocycles. The molecule has 5 nitrogen and oxygen atoms in total. The van der Waals surface area contributed by atoms with Crippen molar-refractivity contribution in [2.24, 2.45) is 4.99 Å². The lowest BCUT2D eigenvalue weighted by atomic mass is 10.2. The fraction of sp³-hybridized carbons (Fsp3) is 0.182. The van der Waals surface area contributed by atoms with Crippen molar-refractivity contribution < 1.29 is 24.2 Å². The molecule has 90 valence electrons. The SMILES string of the molecule is Cc1cccc(N=C(CC(=O)O)C(=O)O)c1F. The second kappa shape index (κ2) is 5.20. The van der Waals surface area contributed by atoms with Crippen LogP contribution in [0.5, 0.6) is 0 Å². The molecule has 0 aromatic heterocycles. The molecule has 0 saturated carbocycles. The Kier molecular flexibility index (Phi) is 3.92. The lowest BCUT2D eigenvalue weighted by Gasteiger charge is -2.02. The zero-order valence-corrected chi connectivity index (χ0v) is 8.98. The van der Waals surface area contributed by atoms with E-state index >= 15 is 0 Å². The number of carboxylic acid groups (broad SMARTS) is 2. The first-order chi connectivity index (χ1) is 7.91. The largest absolute Gasteiger partial charge is 0.481 e. The van der Waals surface area contributed by atoms with Gasteiger partial charge in [-0.1, -0.05) is 12.1 Å². The second-order valence-electron chi connectivity index (χ2n) is 3.34. The average Bonchev–Trinajstić information content (AvgIpc) is 2.22. The Bertz CT molecular complexity index is 496.